The van der Waals surface area contributed by atoms with E-state index in [1.54, 1.807) is 24.3 Å². The zero-order valence-corrected chi connectivity index (χ0v) is 24.4. The lowest BCUT2D eigenvalue weighted by atomic mass is 10.0. The summed E-state index contributed by atoms with van der Waals surface area (Å²) in [4.78, 5) is 4.01. The maximum Gasteiger partial charge on any atom is 0.416 e. The molecule has 2 aliphatic rings. The molecule has 1 aliphatic carbocycles. The quantitative estimate of drug-likeness (QED) is 0.317. The standard InChI is InChI=1S/C18H15F4N3.C6H13N.C5H12.C2H6/c1-23-16-10-15(12-7-3-5-9-14(12)19)24-17(25-16)11-6-2-4-8-13(11)18(20,21)22;1-5(7-2)6-3-4-6;1-3-5-4-2;1-2/h2-10,17,24H,1H3,(H,23,25);5-7H,3-4H2,1-2H3;3-5H2,1-2H3;1-2H3. The Labute approximate surface area is 232 Å². The molecule has 2 unspecified atom stereocenters. The molecule has 0 bridgehead atoms. The maximum absolute atomic E-state index is 14.1. The third-order valence-corrected chi connectivity index (χ3v) is 6.35. The van der Waals surface area contributed by atoms with Crippen molar-refractivity contribution >= 4 is 11.5 Å². The van der Waals surface area contributed by atoms with Crippen molar-refractivity contribution in [3.05, 3.63) is 77.1 Å². The Morgan fingerprint density at radius 1 is 0.974 bits per heavy atom. The molecule has 2 atom stereocenters. The van der Waals surface area contributed by atoms with E-state index in [-0.39, 0.29) is 11.1 Å². The van der Waals surface area contributed by atoms with E-state index in [0.717, 1.165) is 18.0 Å². The van der Waals surface area contributed by atoms with Gasteiger partial charge in [0.1, 0.15) is 17.8 Å². The summed E-state index contributed by atoms with van der Waals surface area (Å²) in [6.07, 6.45) is 3.14. The van der Waals surface area contributed by atoms with Crippen molar-refractivity contribution in [3.63, 3.8) is 0 Å². The number of hydrogen-bond donors (Lipinski definition) is 3. The number of aliphatic imine (C=N–C) groups is 1. The molecule has 39 heavy (non-hydrogen) atoms. The second-order valence-corrected chi connectivity index (χ2v) is 9.22. The first kappa shape index (κ1) is 34.2. The highest BCUT2D eigenvalue weighted by molar-refractivity contribution is 6.00. The summed E-state index contributed by atoms with van der Waals surface area (Å²) in [6, 6.07) is 12.1. The van der Waals surface area contributed by atoms with Crippen LogP contribution in [0.2, 0.25) is 0 Å². The second-order valence-electron chi connectivity index (χ2n) is 9.22. The molecule has 0 saturated heterocycles. The molecule has 2 aromatic carbocycles. The summed E-state index contributed by atoms with van der Waals surface area (Å²) in [5, 5.41) is 9.05. The van der Waals surface area contributed by atoms with Gasteiger partial charge in [0.25, 0.3) is 0 Å². The predicted octanol–water partition coefficient (Wildman–Crippen LogP) is 8.33. The molecule has 1 fully saturated rings. The van der Waals surface area contributed by atoms with E-state index < -0.39 is 23.7 Å². The third kappa shape index (κ3) is 11.4. The zero-order valence-electron chi connectivity index (χ0n) is 24.4. The van der Waals surface area contributed by atoms with Gasteiger partial charge in [-0.2, -0.15) is 13.2 Å². The first-order valence-corrected chi connectivity index (χ1v) is 14.0. The zero-order chi connectivity index (χ0) is 29.4. The van der Waals surface area contributed by atoms with Crippen molar-refractivity contribution < 1.29 is 17.6 Å². The van der Waals surface area contributed by atoms with Crippen molar-refractivity contribution in [1.29, 1.82) is 0 Å². The van der Waals surface area contributed by atoms with E-state index in [0.29, 0.717) is 11.5 Å². The van der Waals surface area contributed by atoms with Crippen molar-refractivity contribution in [3.8, 4) is 0 Å². The number of benzene rings is 2. The van der Waals surface area contributed by atoms with Gasteiger partial charge in [-0.15, -0.1) is 0 Å². The fourth-order valence-electron chi connectivity index (χ4n) is 3.87. The van der Waals surface area contributed by atoms with Gasteiger partial charge in [0.2, 0.25) is 0 Å². The fourth-order valence-corrected chi connectivity index (χ4v) is 3.87. The van der Waals surface area contributed by atoms with Crippen molar-refractivity contribution in [1.82, 2.24) is 16.0 Å². The molecule has 8 heteroatoms. The molecule has 0 spiro atoms. The topological polar surface area (TPSA) is 48.5 Å². The highest BCUT2D eigenvalue weighted by atomic mass is 19.4. The molecule has 1 saturated carbocycles. The minimum Gasteiger partial charge on any atom is -0.361 e. The summed E-state index contributed by atoms with van der Waals surface area (Å²) in [5.41, 5.74) is -0.123. The van der Waals surface area contributed by atoms with E-state index in [2.05, 4.69) is 41.7 Å². The van der Waals surface area contributed by atoms with E-state index in [4.69, 9.17) is 0 Å². The summed E-state index contributed by atoms with van der Waals surface area (Å²) in [6.45, 7) is 10.7. The molecule has 1 heterocycles. The smallest absolute Gasteiger partial charge is 0.361 e. The lowest BCUT2D eigenvalue weighted by Gasteiger charge is -2.30. The number of nitrogens with zero attached hydrogens (tertiary/aromatic N) is 1. The van der Waals surface area contributed by atoms with Crippen LogP contribution < -0.4 is 16.0 Å². The van der Waals surface area contributed by atoms with Gasteiger partial charge < -0.3 is 16.0 Å². The van der Waals surface area contributed by atoms with Crippen molar-refractivity contribution in [2.45, 2.75) is 85.1 Å². The average Bonchev–Trinajstić information content (AvgIpc) is 3.80. The molecule has 0 radical (unpaired) electrons. The van der Waals surface area contributed by atoms with Gasteiger partial charge in [-0.3, -0.25) is 4.99 Å². The Kier molecular flexibility index (Phi) is 15.5. The predicted molar refractivity (Wildman–Crippen MR) is 156 cm³/mol. The lowest BCUT2D eigenvalue weighted by Crippen LogP contribution is -2.42. The Hall–Kier alpha value is -2.87. The number of amidine groups is 1. The molecule has 0 aromatic heterocycles. The van der Waals surface area contributed by atoms with Crippen molar-refractivity contribution in [2.24, 2.45) is 10.9 Å². The van der Waals surface area contributed by atoms with Crippen LogP contribution >= 0.6 is 0 Å². The number of hydrogen-bond acceptors (Lipinski definition) is 3. The Morgan fingerprint density at radius 2 is 1.56 bits per heavy atom. The van der Waals surface area contributed by atoms with Gasteiger partial charge in [0.15, 0.2) is 0 Å². The van der Waals surface area contributed by atoms with Gasteiger partial charge in [0.05, 0.1) is 5.56 Å². The molecule has 3 N–H and O–H groups in total. The average molecular weight is 551 g/mol. The molecule has 1 aliphatic heterocycles. The molecule has 2 aromatic rings. The van der Waals surface area contributed by atoms with Crippen LogP contribution in [0.15, 0.2) is 59.6 Å². The summed E-state index contributed by atoms with van der Waals surface area (Å²) >= 11 is 0. The Balaban J connectivity index is 0.000000447. The van der Waals surface area contributed by atoms with Crippen molar-refractivity contribution in [2.75, 3.05) is 14.1 Å². The number of alkyl halides is 3. The van der Waals surface area contributed by atoms with E-state index in [1.807, 2.05) is 20.9 Å². The van der Waals surface area contributed by atoms with E-state index >= 15 is 0 Å². The maximum atomic E-state index is 14.1. The molecular weight excluding hydrogens is 504 g/mol. The van der Waals surface area contributed by atoms with Gasteiger partial charge in [-0.05, 0) is 50.9 Å². The monoisotopic (exact) mass is 550 g/mol. The summed E-state index contributed by atoms with van der Waals surface area (Å²) in [5.74, 6) is 0.894. The van der Waals surface area contributed by atoms with Crippen LogP contribution in [-0.4, -0.2) is 26.0 Å². The SMILES string of the molecule is CC.CCCCC.CN=C1C=C(c2ccccc2F)NC(c2ccccc2C(F)(F)F)N1.CNC(C)C1CC1. The van der Waals surface area contributed by atoms with Gasteiger partial charge in [-0.1, -0.05) is 77.3 Å². The van der Waals surface area contributed by atoms with Crippen LogP contribution in [0.1, 0.15) is 89.6 Å². The van der Waals surface area contributed by atoms with Crippen LogP contribution in [0, 0.1) is 11.7 Å². The second kappa shape index (κ2) is 17.7. The number of rotatable bonds is 6. The molecular formula is C31H46F4N4. The number of halogens is 4. The normalized spacial score (nSPS) is 18.0. The van der Waals surface area contributed by atoms with Crippen LogP contribution in [0.4, 0.5) is 17.6 Å². The van der Waals surface area contributed by atoms with Gasteiger partial charge >= 0.3 is 6.18 Å². The van der Waals surface area contributed by atoms with Gasteiger partial charge in [0, 0.05) is 36.0 Å². The Morgan fingerprint density at radius 3 is 2.03 bits per heavy atom. The fraction of sp³-hybridized carbons (Fsp3) is 0.516. The number of unbranched alkanes of at least 4 members (excludes halogenated alkanes) is 2. The summed E-state index contributed by atoms with van der Waals surface area (Å²) in [7, 11) is 3.54. The number of nitrogens with one attached hydrogen (secondary N) is 3. The highest BCUT2D eigenvalue weighted by Crippen LogP contribution is 2.35. The van der Waals surface area contributed by atoms with Crippen LogP contribution in [0.25, 0.3) is 5.70 Å². The summed E-state index contributed by atoms with van der Waals surface area (Å²) < 4.78 is 54.0. The van der Waals surface area contributed by atoms with E-state index in [9.17, 15) is 17.6 Å². The Bertz CT molecular complexity index is 1030. The largest absolute Gasteiger partial charge is 0.416 e. The molecule has 0 amide bonds. The molecule has 4 nitrogen and oxygen atoms in total. The molecule has 4 rings (SSSR count). The first-order valence-electron chi connectivity index (χ1n) is 14.0. The third-order valence-electron chi connectivity index (χ3n) is 6.35. The lowest BCUT2D eigenvalue weighted by molar-refractivity contribution is -0.138. The van der Waals surface area contributed by atoms with Crippen LogP contribution in [-0.2, 0) is 6.18 Å². The minimum absolute atomic E-state index is 0.0121. The van der Waals surface area contributed by atoms with Crippen LogP contribution in [0.3, 0.4) is 0 Å². The highest BCUT2D eigenvalue weighted by Gasteiger charge is 2.36. The van der Waals surface area contributed by atoms with E-state index in [1.165, 1.54) is 63.4 Å². The molecule has 218 valence electrons. The van der Waals surface area contributed by atoms with Crippen LogP contribution in [0.5, 0.6) is 0 Å². The minimum atomic E-state index is -4.50. The van der Waals surface area contributed by atoms with Gasteiger partial charge in [-0.25, -0.2) is 4.39 Å². The first-order chi connectivity index (χ1) is 18.7.